The van der Waals surface area contributed by atoms with E-state index in [4.69, 9.17) is 0 Å². The highest BCUT2D eigenvalue weighted by molar-refractivity contribution is 5.85. The molecule has 2 heterocycles. The van der Waals surface area contributed by atoms with E-state index in [1.54, 1.807) is 0 Å². The molecule has 0 aromatic carbocycles. The van der Waals surface area contributed by atoms with Crippen molar-refractivity contribution in [2.45, 2.75) is 6.42 Å². The van der Waals surface area contributed by atoms with Gasteiger partial charge in [0.25, 0.3) is 0 Å². The Labute approximate surface area is 94.1 Å². The predicted octanol–water partition coefficient (Wildman–Crippen LogP) is 1.06. The molecular weight excluding hydrogens is 219 g/mol. The lowest BCUT2D eigenvalue weighted by atomic mass is 10.1. The molecule has 1 aromatic rings. The number of anilines is 1. The zero-order valence-corrected chi connectivity index (χ0v) is 9.06. The molecule has 0 bridgehead atoms. The summed E-state index contributed by atoms with van der Waals surface area (Å²) in [6.45, 7) is 2.96. The van der Waals surface area contributed by atoms with Gasteiger partial charge in [-0.2, -0.15) is 0 Å². The minimum absolute atomic E-state index is 0. The maximum absolute atomic E-state index is 12.5. The number of nitrogens with zero attached hydrogens (tertiary/aromatic N) is 2. The number of hydrogen-bond acceptors (Lipinski definition) is 4. The van der Waals surface area contributed by atoms with Crippen LogP contribution in [0.4, 0.5) is 10.3 Å². The Balaban J connectivity index is 0.00000112. The molecule has 2 rings (SSSR count). The van der Waals surface area contributed by atoms with E-state index in [2.05, 4.69) is 20.6 Å². The Hall–Kier alpha value is -0.940. The van der Waals surface area contributed by atoms with E-state index >= 15 is 0 Å². The van der Waals surface area contributed by atoms with Crippen LogP contribution in [0.15, 0.2) is 12.4 Å². The summed E-state index contributed by atoms with van der Waals surface area (Å²) in [5.74, 6) is 0.722. The maximum atomic E-state index is 12.5. The van der Waals surface area contributed by atoms with Gasteiger partial charge in [-0.05, 0) is 25.4 Å². The predicted molar refractivity (Wildman–Crippen MR) is 58.7 cm³/mol. The van der Waals surface area contributed by atoms with Gasteiger partial charge in [-0.25, -0.2) is 14.4 Å². The molecule has 0 spiro atoms. The molecule has 0 amide bonds. The molecule has 4 nitrogen and oxygen atoms in total. The van der Waals surface area contributed by atoms with Gasteiger partial charge in [-0.1, -0.05) is 0 Å². The number of halogens is 2. The molecule has 1 aromatic heterocycles. The Morgan fingerprint density at radius 3 is 2.80 bits per heavy atom. The summed E-state index contributed by atoms with van der Waals surface area (Å²) >= 11 is 0. The van der Waals surface area contributed by atoms with Crippen molar-refractivity contribution in [1.82, 2.24) is 15.3 Å². The van der Waals surface area contributed by atoms with Crippen molar-refractivity contribution in [2.24, 2.45) is 5.92 Å². The molecule has 1 fully saturated rings. The van der Waals surface area contributed by atoms with Crippen molar-refractivity contribution < 1.29 is 4.39 Å². The molecule has 1 saturated heterocycles. The van der Waals surface area contributed by atoms with Gasteiger partial charge in [0.05, 0.1) is 12.4 Å². The van der Waals surface area contributed by atoms with Crippen LogP contribution in [0, 0.1) is 11.7 Å². The number of nitrogens with one attached hydrogen (secondary N) is 2. The monoisotopic (exact) mass is 232 g/mol. The summed E-state index contributed by atoms with van der Waals surface area (Å²) in [5, 5.41) is 6.36. The zero-order valence-electron chi connectivity index (χ0n) is 8.24. The van der Waals surface area contributed by atoms with E-state index in [0.29, 0.717) is 11.9 Å². The fourth-order valence-corrected chi connectivity index (χ4v) is 1.53. The maximum Gasteiger partial charge on any atom is 0.222 e. The van der Waals surface area contributed by atoms with E-state index < -0.39 is 5.82 Å². The van der Waals surface area contributed by atoms with Gasteiger partial charge in [0.2, 0.25) is 5.95 Å². The van der Waals surface area contributed by atoms with Crippen molar-refractivity contribution >= 4 is 18.4 Å². The standard InChI is InChI=1S/C9H13FN4.ClH/c10-8-5-13-9(14-6-8)12-4-7-1-2-11-3-7;/h5-7,11H,1-4H2,(H,12,13,14);1H. The van der Waals surface area contributed by atoms with E-state index in [1.807, 2.05) is 0 Å². The quantitative estimate of drug-likeness (QED) is 0.818. The first-order valence-corrected chi connectivity index (χ1v) is 4.77. The summed E-state index contributed by atoms with van der Waals surface area (Å²) in [5.41, 5.74) is 0. The average molecular weight is 233 g/mol. The lowest BCUT2D eigenvalue weighted by molar-refractivity contribution is 0.603. The molecule has 1 aliphatic rings. The number of hydrogen-bond donors (Lipinski definition) is 2. The second-order valence-corrected chi connectivity index (χ2v) is 3.46. The van der Waals surface area contributed by atoms with E-state index in [1.165, 1.54) is 18.8 Å². The first kappa shape index (κ1) is 12.1. The minimum Gasteiger partial charge on any atom is -0.354 e. The molecule has 1 unspecified atom stereocenters. The molecule has 1 atom stereocenters. The van der Waals surface area contributed by atoms with Crippen molar-refractivity contribution in [3.63, 3.8) is 0 Å². The second-order valence-electron chi connectivity index (χ2n) is 3.46. The Kier molecular flexibility index (Phi) is 4.71. The largest absolute Gasteiger partial charge is 0.354 e. The molecule has 2 N–H and O–H groups in total. The third-order valence-electron chi connectivity index (χ3n) is 2.33. The van der Waals surface area contributed by atoms with E-state index in [9.17, 15) is 4.39 Å². The first-order valence-electron chi connectivity index (χ1n) is 4.77. The second kappa shape index (κ2) is 5.82. The summed E-state index contributed by atoms with van der Waals surface area (Å²) < 4.78 is 12.5. The minimum atomic E-state index is -0.405. The summed E-state index contributed by atoms with van der Waals surface area (Å²) in [6.07, 6.45) is 3.51. The van der Waals surface area contributed by atoms with Crippen LogP contribution in [0.25, 0.3) is 0 Å². The van der Waals surface area contributed by atoms with E-state index in [0.717, 1.165) is 19.6 Å². The molecule has 15 heavy (non-hydrogen) atoms. The fourth-order valence-electron chi connectivity index (χ4n) is 1.53. The van der Waals surface area contributed by atoms with Crippen LogP contribution in [0.2, 0.25) is 0 Å². The smallest absolute Gasteiger partial charge is 0.222 e. The normalized spacial score (nSPS) is 19.7. The summed E-state index contributed by atoms with van der Waals surface area (Å²) in [4.78, 5) is 7.64. The van der Waals surface area contributed by atoms with Crippen LogP contribution in [0.3, 0.4) is 0 Å². The number of rotatable bonds is 3. The Bertz CT molecular complexity index is 287. The molecule has 0 radical (unpaired) electrons. The summed E-state index contributed by atoms with van der Waals surface area (Å²) in [6, 6.07) is 0. The van der Waals surface area contributed by atoms with Gasteiger partial charge >= 0.3 is 0 Å². The topological polar surface area (TPSA) is 49.8 Å². The highest BCUT2D eigenvalue weighted by Crippen LogP contribution is 2.08. The average Bonchev–Trinajstić information content (AvgIpc) is 2.70. The zero-order chi connectivity index (χ0) is 9.80. The first-order chi connectivity index (χ1) is 6.84. The van der Waals surface area contributed by atoms with Crippen LogP contribution < -0.4 is 10.6 Å². The number of aromatic nitrogens is 2. The molecular formula is C9H14ClFN4. The van der Waals surface area contributed by atoms with Crippen molar-refractivity contribution in [3.05, 3.63) is 18.2 Å². The summed E-state index contributed by atoms with van der Waals surface area (Å²) in [7, 11) is 0. The van der Waals surface area contributed by atoms with Gasteiger partial charge in [-0.15, -0.1) is 12.4 Å². The van der Waals surface area contributed by atoms with Gasteiger partial charge in [0, 0.05) is 6.54 Å². The lowest BCUT2D eigenvalue weighted by Crippen LogP contribution is -2.18. The highest BCUT2D eigenvalue weighted by Gasteiger charge is 2.13. The molecule has 0 saturated carbocycles. The van der Waals surface area contributed by atoms with Gasteiger partial charge in [-0.3, -0.25) is 0 Å². The third-order valence-corrected chi connectivity index (χ3v) is 2.33. The van der Waals surface area contributed by atoms with Crippen molar-refractivity contribution in [3.8, 4) is 0 Å². The molecule has 84 valence electrons. The van der Waals surface area contributed by atoms with E-state index in [-0.39, 0.29) is 12.4 Å². The third kappa shape index (κ3) is 3.60. The lowest BCUT2D eigenvalue weighted by Gasteiger charge is -2.08. The fraction of sp³-hybridized carbons (Fsp3) is 0.556. The van der Waals surface area contributed by atoms with Crippen molar-refractivity contribution in [2.75, 3.05) is 25.0 Å². The van der Waals surface area contributed by atoms with Crippen LogP contribution in [0.1, 0.15) is 6.42 Å². The molecule has 0 aliphatic carbocycles. The molecule has 1 aliphatic heterocycles. The SMILES string of the molecule is Cl.Fc1cnc(NCC2CCNC2)nc1. The van der Waals surface area contributed by atoms with Gasteiger partial charge in [0.15, 0.2) is 5.82 Å². The van der Waals surface area contributed by atoms with Crippen LogP contribution in [0.5, 0.6) is 0 Å². The Morgan fingerprint density at radius 1 is 1.47 bits per heavy atom. The van der Waals surface area contributed by atoms with Gasteiger partial charge < -0.3 is 10.6 Å². The van der Waals surface area contributed by atoms with Crippen molar-refractivity contribution in [1.29, 1.82) is 0 Å². The van der Waals surface area contributed by atoms with Crippen LogP contribution >= 0.6 is 12.4 Å². The van der Waals surface area contributed by atoms with Gasteiger partial charge in [0.1, 0.15) is 0 Å². The highest BCUT2D eigenvalue weighted by atomic mass is 35.5. The Morgan fingerprint density at radius 2 is 2.20 bits per heavy atom. The van der Waals surface area contributed by atoms with Crippen LogP contribution in [-0.4, -0.2) is 29.6 Å². The van der Waals surface area contributed by atoms with Crippen LogP contribution in [-0.2, 0) is 0 Å². The molecule has 6 heteroatoms.